The Hall–Kier alpha value is -5.60. The van der Waals surface area contributed by atoms with Gasteiger partial charge in [-0.2, -0.15) is 5.26 Å². The standard InChI is InChI=1S/C45H39N5/c1-29-21-32-22-30(2)26-45(25-29,27-32)36-17-14-34(15-18-36)43-47-42(33-9-5-3-6-10-33)48-44(49-43)35-16-20-39-38-19-13-31(28-46)23-40(38)50(41(39)24-35)37-11-7-4-8-12-37/h3-20,23-24,29-30,32H,21-22,25-27H2,1-2H3/t29-,30+,32-,45?. The summed E-state index contributed by atoms with van der Waals surface area (Å²) in [6.07, 6.45) is 6.62. The molecule has 0 aliphatic heterocycles. The summed E-state index contributed by atoms with van der Waals surface area (Å²) in [6.45, 7) is 4.89. The maximum Gasteiger partial charge on any atom is 0.164 e. The smallest absolute Gasteiger partial charge is 0.164 e. The molecule has 0 N–H and O–H groups in total. The van der Waals surface area contributed by atoms with Gasteiger partial charge in [0.05, 0.1) is 22.7 Å². The third kappa shape index (κ3) is 5.27. The van der Waals surface area contributed by atoms with Crippen molar-refractivity contribution in [2.75, 3.05) is 0 Å². The first-order chi connectivity index (χ1) is 24.5. The summed E-state index contributed by atoms with van der Waals surface area (Å²) in [6, 6.07) is 44.3. The number of hydrogen-bond acceptors (Lipinski definition) is 4. The van der Waals surface area contributed by atoms with Gasteiger partial charge in [0.2, 0.25) is 0 Å². The second-order valence-corrected chi connectivity index (χ2v) is 14.9. The number of fused-ring (bicyclic) bond motifs is 5. The molecule has 5 nitrogen and oxygen atoms in total. The highest BCUT2D eigenvalue weighted by Gasteiger charge is 2.45. The van der Waals surface area contributed by atoms with E-state index >= 15 is 0 Å². The molecule has 2 bridgehead atoms. The van der Waals surface area contributed by atoms with Crippen LogP contribution in [0.4, 0.5) is 0 Å². The molecule has 4 atom stereocenters. The van der Waals surface area contributed by atoms with E-state index in [0.29, 0.717) is 23.0 Å². The van der Waals surface area contributed by atoms with Gasteiger partial charge in [0.15, 0.2) is 17.5 Å². The van der Waals surface area contributed by atoms with Gasteiger partial charge < -0.3 is 4.57 Å². The van der Waals surface area contributed by atoms with E-state index < -0.39 is 0 Å². The lowest BCUT2D eigenvalue weighted by Gasteiger charge is -2.50. The van der Waals surface area contributed by atoms with Gasteiger partial charge in [-0.3, -0.25) is 0 Å². The zero-order valence-corrected chi connectivity index (χ0v) is 28.6. The summed E-state index contributed by atoms with van der Waals surface area (Å²) >= 11 is 0. The lowest BCUT2D eigenvalue weighted by Crippen LogP contribution is -2.42. The number of para-hydroxylation sites is 1. The van der Waals surface area contributed by atoms with Crippen molar-refractivity contribution >= 4 is 21.8 Å². The van der Waals surface area contributed by atoms with E-state index in [1.165, 1.54) is 37.7 Å². The van der Waals surface area contributed by atoms with Crippen LogP contribution < -0.4 is 0 Å². The van der Waals surface area contributed by atoms with Crippen molar-refractivity contribution in [1.29, 1.82) is 5.26 Å². The van der Waals surface area contributed by atoms with Crippen molar-refractivity contribution in [2.24, 2.45) is 17.8 Å². The SMILES string of the molecule is C[C@@H]1C[C@@H]2C[C@H](C)CC(c3ccc(-c4nc(-c5ccccc5)nc(-c5ccc6c7ccc(C#N)cc7n(-c7ccccc7)c6c5)n4)cc3)(C1)C2. The van der Waals surface area contributed by atoms with Crippen LogP contribution in [-0.4, -0.2) is 19.5 Å². The minimum Gasteiger partial charge on any atom is -0.309 e. The molecule has 5 aromatic carbocycles. The monoisotopic (exact) mass is 649 g/mol. The minimum atomic E-state index is 0.276. The number of nitriles is 1. The van der Waals surface area contributed by atoms with Crippen LogP contribution in [0.5, 0.6) is 0 Å². The zero-order chi connectivity index (χ0) is 33.8. The molecule has 9 rings (SSSR count). The summed E-state index contributed by atoms with van der Waals surface area (Å²) < 4.78 is 2.23. The Morgan fingerprint density at radius 1 is 0.600 bits per heavy atom. The number of nitrogens with zero attached hydrogens (tertiary/aromatic N) is 5. The molecule has 0 saturated heterocycles. The highest BCUT2D eigenvalue weighted by Crippen LogP contribution is 2.54. The first kappa shape index (κ1) is 30.5. The molecule has 7 aromatic rings. The highest BCUT2D eigenvalue weighted by atomic mass is 15.0. The maximum atomic E-state index is 9.73. The Balaban J connectivity index is 1.18. The summed E-state index contributed by atoms with van der Waals surface area (Å²) in [5.41, 5.74) is 8.31. The van der Waals surface area contributed by atoms with E-state index in [2.05, 4.69) is 97.3 Å². The van der Waals surface area contributed by atoms with E-state index in [1.54, 1.807) is 0 Å². The van der Waals surface area contributed by atoms with Gasteiger partial charge in [-0.25, -0.2) is 15.0 Å². The average molecular weight is 650 g/mol. The summed E-state index contributed by atoms with van der Waals surface area (Å²) in [5.74, 6) is 4.34. The minimum absolute atomic E-state index is 0.276. The van der Waals surface area contributed by atoms with Crippen LogP contribution in [0.25, 0.3) is 61.7 Å². The molecule has 2 aromatic heterocycles. The molecule has 2 heterocycles. The Labute approximate surface area is 293 Å². The van der Waals surface area contributed by atoms with Crippen molar-refractivity contribution in [2.45, 2.75) is 51.4 Å². The van der Waals surface area contributed by atoms with Crippen molar-refractivity contribution in [3.05, 3.63) is 132 Å². The normalized spacial score (nSPS) is 21.7. The number of benzene rings is 5. The molecular weight excluding hydrogens is 611 g/mol. The van der Waals surface area contributed by atoms with Crippen molar-refractivity contribution in [1.82, 2.24) is 19.5 Å². The van der Waals surface area contributed by atoms with Gasteiger partial charge in [0, 0.05) is 33.2 Å². The fourth-order valence-electron chi connectivity index (χ4n) is 9.46. The van der Waals surface area contributed by atoms with E-state index in [1.807, 2.05) is 48.5 Å². The molecule has 5 heteroatoms. The molecule has 2 aliphatic rings. The average Bonchev–Trinajstić information content (AvgIpc) is 3.47. The van der Waals surface area contributed by atoms with E-state index in [4.69, 9.17) is 15.0 Å². The molecule has 50 heavy (non-hydrogen) atoms. The van der Waals surface area contributed by atoms with Crippen LogP contribution in [0.15, 0.2) is 121 Å². The maximum absolute atomic E-state index is 9.73. The van der Waals surface area contributed by atoms with Crippen molar-refractivity contribution < 1.29 is 0 Å². The van der Waals surface area contributed by atoms with E-state index in [9.17, 15) is 5.26 Å². The predicted octanol–water partition coefficient (Wildman–Crippen LogP) is 10.9. The molecule has 2 fully saturated rings. The highest BCUT2D eigenvalue weighted by molar-refractivity contribution is 6.10. The molecule has 244 valence electrons. The van der Waals surface area contributed by atoms with Gasteiger partial charge in [0.1, 0.15) is 0 Å². The first-order valence-corrected chi connectivity index (χ1v) is 17.9. The van der Waals surface area contributed by atoms with Crippen molar-refractivity contribution in [3.8, 4) is 45.9 Å². The van der Waals surface area contributed by atoms with Crippen LogP contribution in [0.3, 0.4) is 0 Å². The van der Waals surface area contributed by atoms with E-state index in [-0.39, 0.29) is 5.41 Å². The third-order valence-electron chi connectivity index (χ3n) is 11.2. The molecule has 0 radical (unpaired) electrons. The van der Waals surface area contributed by atoms with Crippen molar-refractivity contribution in [3.63, 3.8) is 0 Å². The molecule has 2 saturated carbocycles. The van der Waals surface area contributed by atoms with Crippen LogP contribution in [0, 0.1) is 29.1 Å². The second kappa shape index (κ2) is 12.1. The Kier molecular flexibility index (Phi) is 7.35. The van der Waals surface area contributed by atoms with E-state index in [0.717, 1.165) is 61.9 Å². The molecular formula is C45H39N5. The molecule has 0 spiro atoms. The molecule has 0 amide bonds. The van der Waals surface area contributed by atoms with Gasteiger partial charge in [-0.1, -0.05) is 105 Å². The number of rotatable bonds is 5. The van der Waals surface area contributed by atoms with Crippen LogP contribution in [0.1, 0.15) is 57.1 Å². The van der Waals surface area contributed by atoms with Crippen LogP contribution in [-0.2, 0) is 5.41 Å². The van der Waals surface area contributed by atoms with Gasteiger partial charge in [0.25, 0.3) is 0 Å². The lowest BCUT2D eigenvalue weighted by molar-refractivity contribution is 0.0780. The third-order valence-corrected chi connectivity index (χ3v) is 11.2. The van der Waals surface area contributed by atoms with Crippen LogP contribution >= 0.6 is 0 Å². The largest absolute Gasteiger partial charge is 0.309 e. The topological polar surface area (TPSA) is 67.4 Å². The second-order valence-electron chi connectivity index (χ2n) is 14.9. The zero-order valence-electron chi connectivity index (χ0n) is 28.6. The quantitative estimate of drug-likeness (QED) is 0.186. The lowest BCUT2D eigenvalue weighted by atomic mass is 9.54. The summed E-state index contributed by atoms with van der Waals surface area (Å²) in [7, 11) is 0. The Morgan fingerprint density at radius 2 is 1.14 bits per heavy atom. The molecule has 2 aliphatic carbocycles. The van der Waals surface area contributed by atoms with Gasteiger partial charge in [-0.15, -0.1) is 0 Å². The Morgan fingerprint density at radius 3 is 1.78 bits per heavy atom. The number of aromatic nitrogens is 4. The molecule has 1 unspecified atom stereocenters. The number of hydrogen-bond donors (Lipinski definition) is 0. The summed E-state index contributed by atoms with van der Waals surface area (Å²) in [4.78, 5) is 15.3. The first-order valence-electron chi connectivity index (χ1n) is 17.9. The predicted molar refractivity (Wildman–Crippen MR) is 202 cm³/mol. The Bertz CT molecular complexity index is 2380. The van der Waals surface area contributed by atoms with Crippen LogP contribution in [0.2, 0.25) is 0 Å². The summed E-state index contributed by atoms with van der Waals surface area (Å²) in [5, 5.41) is 11.9. The fraction of sp³-hybridized carbons (Fsp3) is 0.244. The fourth-order valence-corrected chi connectivity index (χ4v) is 9.46. The van der Waals surface area contributed by atoms with Gasteiger partial charge >= 0.3 is 0 Å². The van der Waals surface area contributed by atoms with Gasteiger partial charge in [-0.05, 0) is 91.2 Å².